The molecular formula is C13H18N4O6. The number of carbonyl (C=O) groups is 1. The molecule has 0 aromatic carbocycles. The van der Waals surface area contributed by atoms with Crippen LogP contribution in [0.5, 0.6) is 0 Å². The van der Waals surface area contributed by atoms with E-state index in [1.54, 1.807) is 20.8 Å². The molecule has 0 unspecified atom stereocenters. The fourth-order valence-corrected chi connectivity index (χ4v) is 1.65. The number of aromatic nitrogens is 1. The van der Waals surface area contributed by atoms with Crippen molar-refractivity contribution < 1.29 is 19.4 Å². The second-order valence-electron chi connectivity index (χ2n) is 5.69. The van der Waals surface area contributed by atoms with Gasteiger partial charge in [0.25, 0.3) is 5.69 Å². The Hall–Kier alpha value is -2.78. The summed E-state index contributed by atoms with van der Waals surface area (Å²) in [5, 5.41) is 24.2. The SMILES string of the molecule is CC(C)(C)OC(=O)CCCNc1ncc([N+](=O)[O-])cc1[N+](=O)[O-]. The quantitative estimate of drug-likeness (QED) is 0.349. The number of pyridine rings is 1. The minimum atomic E-state index is -0.758. The van der Waals surface area contributed by atoms with Crippen molar-refractivity contribution in [2.45, 2.75) is 39.2 Å². The van der Waals surface area contributed by atoms with Crippen LogP contribution in [0.1, 0.15) is 33.6 Å². The summed E-state index contributed by atoms with van der Waals surface area (Å²) in [5.41, 5.74) is -1.52. The molecule has 1 N–H and O–H groups in total. The Morgan fingerprint density at radius 2 is 1.96 bits per heavy atom. The number of nitrogens with zero attached hydrogens (tertiary/aromatic N) is 3. The lowest BCUT2D eigenvalue weighted by atomic mass is 10.2. The number of ether oxygens (including phenoxy) is 1. The largest absolute Gasteiger partial charge is 0.460 e. The maximum atomic E-state index is 11.5. The fourth-order valence-electron chi connectivity index (χ4n) is 1.65. The Kier molecular flexibility index (Phi) is 5.94. The number of esters is 1. The van der Waals surface area contributed by atoms with Crippen LogP contribution < -0.4 is 5.32 Å². The average Bonchev–Trinajstić information content (AvgIpc) is 2.41. The minimum Gasteiger partial charge on any atom is -0.460 e. The third kappa shape index (κ3) is 6.24. The second kappa shape index (κ2) is 7.47. The Morgan fingerprint density at radius 3 is 2.48 bits per heavy atom. The molecule has 1 aromatic rings. The van der Waals surface area contributed by atoms with Crippen molar-refractivity contribution in [1.82, 2.24) is 4.98 Å². The number of hydrogen-bond donors (Lipinski definition) is 1. The summed E-state index contributed by atoms with van der Waals surface area (Å²) in [4.78, 5) is 35.2. The molecule has 0 radical (unpaired) electrons. The highest BCUT2D eigenvalue weighted by Crippen LogP contribution is 2.26. The molecule has 0 aliphatic rings. The number of carbonyl (C=O) groups excluding carboxylic acids is 1. The summed E-state index contributed by atoms with van der Waals surface area (Å²) in [6, 6.07) is 0.837. The Balaban J connectivity index is 2.60. The van der Waals surface area contributed by atoms with Gasteiger partial charge < -0.3 is 10.1 Å². The van der Waals surface area contributed by atoms with Crippen LogP contribution in [0.4, 0.5) is 17.2 Å². The molecule has 0 fully saturated rings. The molecule has 10 nitrogen and oxygen atoms in total. The summed E-state index contributed by atoms with van der Waals surface area (Å²) in [6.07, 6.45) is 1.46. The van der Waals surface area contributed by atoms with E-state index in [2.05, 4.69) is 10.3 Å². The molecule has 1 rings (SSSR count). The molecule has 0 saturated heterocycles. The number of nitro groups is 2. The zero-order valence-corrected chi connectivity index (χ0v) is 13.1. The van der Waals surface area contributed by atoms with Crippen molar-refractivity contribution in [2.24, 2.45) is 0 Å². The average molecular weight is 326 g/mol. The van der Waals surface area contributed by atoms with E-state index < -0.39 is 26.8 Å². The lowest BCUT2D eigenvalue weighted by molar-refractivity contribution is -0.394. The van der Waals surface area contributed by atoms with Gasteiger partial charge in [0.2, 0.25) is 5.82 Å². The topological polar surface area (TPSA) is 138 Å². The van der Waals surface area contributed by atoms with Crippen LogP contribution in [0.2, 0.25) is 0 Å². The van der Waals surface area contributed by atoms with Crippen LogP contribution in [0.15, 0.2) is 12.3 Å². The molecule has 0 bridgehead atoms. The van der Waals surface area contributed by atoms with E-state index in [4.69, 9.17) is 4.74 Å². The fraction of sp³-hybridized carbons (Fsp3) is 0.538. The summed E-state index contributed by atoms with van der Waals surface area (Å²) in [5.74, 6) is -0.449. The van der Waals surface area contributed by atoms with Gasteiger partial charge in [-0.15, -0.1) is 0 Å². The van der Waals surface area contributed by atoms with Crippen molar-refractivity contribution in [3.8, 4) is 0 Å². The maximum absolute atomic E-state index is 11.5. The Bertz CT molecular complexity index is 611. The van der Waals surface area contributed by atoms with Gasteiger partial charge in [-0.3, -0.25) is 25.0 Å². The van der Waals surface area contributed by atoms with Crippen molar-refractivity contribution in [1.29, 1.82) is 0 Å². The molecule has 1 heterocycles. The van der Waals surface area contributed by atoms with Crippen LogP contribution in [0.25, 0.3) is 0 Å². The van der Waals surface area contributed by atoms with Gasteiger partial charge in [0, 0.05) is 13.0 Å². The van der Waals surface area contributed by atoms with Crippen LogP contribution in [-0.2, 0) is 9.53 Å². The van der Waals surface area contributed by atoms with E-state index in [0.717, 1.165) is 12.3 Å². The number of anilines is 1. The van der Waals surface area contributed by atoms with Crippen LogP contribution in [0, 0.1) is 20.2 Å². The summed E-state index contributed by atoms with van der Waals surface area (Å²) in [6.45, 7) is 5.51. The minimum absolute atomic E-state index is 0.0789. The van der Waals surface area contributed by atoms with Gasteiger partial charge in [0.15, 0.2) is 0 Å². The second-order valence-corrected chi connectivity index (χ2v) is 5.69. The van der Waals surface area contributed by atoms with E-state index in [0.29, 0.717) is 6.42 Å². The standard InChI is InChI=1S/C13H18N4O6/c1-13(2,3)23-11(18)5-4-6-14-12-10(17(21)22)7-9(8-15-12)16(19)20/h7-8H,4-6H2,1-3H3,(H,14,15). The van der Waals surface area contributed by atoms with Gasteiger partial charge in [-0.05, 0) is 27.2 Å². The van der Waals surface area contributed by atoms with Gasteiger partial charge in [0.05, 0.1) is 15.9 Å². The zero-order chi connectivity index (χ0) is 17.6. The zero-order valence-electron chi connectivity index (χ0n) is 13.1. The molecule has 0 saturated carbocycles. The molecule has 0 spiro atoms. The number of rotatable bonds is 7. The highest BCUT2D eigenvalue weighted by Gasteiger charge is 2.21. The van der Waals surface area contributed by atoms with Crippen LogP contribution >= 0.6 is 0 Å². The molecule has 126 valence electrons. The lowest BCUT2D eigenvalue weighted by Crippen LogP contribution is -2.24. The van der Waals surface area contributed by atoms with Crippen molar-refractivity contribution in [2.75, 3.05) is 11.9 Å². The van der Waals surface area contributed by atoms with Gasteiger partial charge in [0.1, 0.15) is 11.8 Å². The number of hydrogen-bond acceptors (Lipinski definition) is 8. The highest BCUT2D eigenvalue weighted by molar-refractivity contribution is 5.69. The molecule has 0 atom stereocenters. The predicted molar refractivity (Wildman–Crippen MR) is 81.1 cm³/mol. The molecule has 0 aliphatic carbocycles. The first kappa shape index (κ1) is 18.3. The number of nitrogens with one attached hydrogen (secondary N) is 1. The van der Waals surface area contributed by atoms with E-state index in [1.807, 2.05) is 0 Å². The van der Waals surface area contributed by atoms with Gasteiger partial charge in [-0.1, -0.05) is 0 Å². The van der Waals surface area contributed by atoms with Crippen LogP contribution in [-0.4, -0.2) is 32.9 Å². The highest BCUT2D eigenvalue weighted by atomic mass is 16.6. The predicted octanol–water partition coefficient (Wildman–Crippen LogP) is 2.43. The smallest absolute Gasteiger partial charge is 0.318 e. The molecule has 0 aliphatic heterocycles. The van der Waals surface area contributed by atoms with Crippen molar-refractivity contribution >= 4 is 23.2 Å². The third-order valence-electron chi connectivity index (χ3n) is 2.53. The first-order chi connectivity index (χ1) is 10.6. The van der Waals surface area contributed by atoms with E-state index >= 15 is 0 Å². The maximum Gasteiger partial charge on any atom is 0.318 e. The van der Waals surface area contributed by atoms with Crippen LogP contribution in [0.3, 0.4) is 0 Å². The van der Waals surface area contributed by atoms with Crippen molar-refractivity contribution in [3.05, 3.63) is 32.5 Å². The third-order valence-corrected chi connectivity index (χ3v) is 2.53. The molecular weight excluding hydrogens is 308 g/mol. The summed E-state index contributed by atoms with van der Waals surface area (Å²) >= 11 is 0. The normalized spacial score (nSPS) is 10.9. The van der Waals surface area contributed by atoms with Crippen molar-refractivity contribution in [3.63, 3.8) is 0 Å². The summed E-state index contributed by atoms with van der Waals surface area (Å²) in [7, 11) is 0. The molecule has 1 aromatic heterocycles. The monoisotopic (exact) mass is 326 g/mol. The lowest BCUT2D eigenvalue weighted by Gasteiger charge is -2.19. The molecule has 0 amide bonds. The van der Waals surface area contributed by atoms with Gasteiger partial charge in [-0.25, -0.2) is 4.98 Å². The Labute approximate surface area is 132 Å². The van der Waals surface area contributed by atoms with E-state index in [1.165, 1.54) is 0 Å². The van der Waals surface area contributed by atoms with Gasteiger partial charge >= 0.3 is 11.7 Å². The van der Waals surface area contributed by atoms with E-state index in [-0.39, 0.29) is 24.8 Å². The molecule has 23 heavy (non-hydrogen) atoms. The van der Waals surface area contributed by atoms with Gasteiger partial charge in [-0.2, -0.15) is 0 Å². The van der Waals surface area contributed by atoms with E-state index in [9.17, 15) is 25.0 Å². The Morgan fingerprint density at radius 1 is 1.30 bits per heavy atom. The first-order valence-electron chi connectivity index (χ1n) is 6.84. The molecule has 10 heteroatoms. The summed E-state index contributed by atoms with van der Waals surface area (Å²) < 4.78 is 5.13. The first-order valence-corrected chi connectivity index (χ1v) is 6.84.